The third-order valence-electron chi connectivity index (χ3n) is 3.94. The lowest BCUT2D eigenvalue weighted by Crippen LogP contribution is -2.15. The Morgan fingerprint density at radius 1 is 1.33 bits per heavy atom. The summed E-state index contributed by atoms with van der Waals surface area (Å²) in [6.45, 7) is 1.77. The number of carbonyl (C=O) groups is 1. The number of nitrogens with one attached hydrogen (secondary N) is 1. The Labute approximate surface area is 158 Å². The smallest absolute Gasteiger partial charge is 0.236 e. The summed E-state index contributed by atoms with van der Waals surface area (Å²) in [6.07, 6.45) is 3.26. The highest BCUT2D eigenvalue weighted by molar-refractivity contribution is 7.13. The minimum Gasteiger partial charge on any atom is -0.440 e. The number of rotatable bonds is 5. The SMILES string of the molecule is Cc1oc(-c2cccs2)nc1CC(=O)Nc1ccc(-n2cccn2)c(F)c1. The fourth-order valence-electron chi connectivity index (χ4n) is 2.64. The highest BCUT2D eigenvalue weighted by Gasteiger charge is 2.16. The molecule has 1 aromatic carbocycles. The number of anilines is 1. The van der Waals surface area contributed by atoms with Gasteiger partial charge in [0.15, 0.2) is 5.82 Å². The van der Waals surface area contributed by atoms with Gasteiger partial charge in [0.2, 0.25) is 11.8 Å². The van der Waals surface area contributed by atoms with Crippen molar-refractivity contribution in [1.29, 1.82) is 0 Å². The average Bonchev–Trinajstić information content (AvgIpc) is 3.37. The molecule has 136 valence electrons. The minimum absolute atomic E-state index is 0.0449. The molecule has 0 saturated carbocycles. The molecule has 1 amide bonds. The van der Waals surface area contributed by atoms with E-state index in [0.717, 1.165) is 4.88 Å². The van der Waals surface area contributed by atoms with Gasteiger partial charge >= 0.3 is 0 Å². The van der Waals surface area contributed by atoms with Crippen LogP contribution in [-0.4, -0.2) is 20.7 Å². The van der Waals surface area contributed by atoms with Crippen LogP contribution < -0.4 is 5.32 Å². The van der Waals surface area contributed by atoms with Gasteiger partial charge < -0.3 is 9.73 Å². The third-order valence-corrected chi connectivity index (χ3v) is 4.79. The molecule has 8 heteroatoms. The molecule has 27 heavy (non-hydrogen) atoms. The van der Waals surface area contributed by atoms with E-state index < -0.39 is 5.82 Å². The lowest BCUT2D eigenvalue weighted by Gasteiger charge is -2.07. The number of hydrogen-bond acceptors (Lipinski definition) is 5. The molecule has 0 unspecified atom stereocenters. The van der Waals surface area contributed by atoms with Gasteiger partial charge in [-0.3, -0.25) is 4.79 Å². The predicted octanol–water partition coefficient (Wildman–Crippen LogP) is 4.22. The standard InChI is InChI=1S/C19H15FN4O2S/c1-12-15(23-19(26-12)17-4-2-9-27-17)11-18(25)22-13-5-6-16(14(20)10-13)24-8-3-7-21-24/h2-10H,11H2,1H3,(H,22,25). The van der Waals surface area contributed by atoms with Crippen LogP contribution in [0.2, 0.25) is 0 Å². The molecule has 0 aliphatic rings. The van der Waals surface area contributed by atoms with Crippen LogP contribution in [0.25, 0.3) is 16.5 Å². The third kappa shape index (κ3) is 3.65. The normalized spacial score (nSPS) is 10.9. The first kappa shape index (κ1) is 17.2. The van der Waals surface area contributed by atoms with Crippen LogP contribution >= 0.6 is 11.3 Å². The van der Waals surface area contributed by atoms with E-state index in [0.29, 0.717) is 28.7 Å². The zero-order chi connectivity index (χ0) is 18.8. The second-order valence-corrected chi connectivity index (χ2v) is 6.79. The molecule has 0 aliphatic carbocycles. The second kappa shape index (κ2) is 7.16. The number of thiophene rings is 1. The van der Waals surface area contributed by atoms with Crippen LogP contribution in [-0.2, 0) is 11.2 Å². The van der Waals surface area contributed by atoms with E-state index >= 15 is 0 Å². The summed E-state index contributed by atoms with van der Waals surface area (Å²) >= 11 is 1.52. The molecule has 3 aromatic heterocycles. The molecule has 4 aromatic rings. The summed E-state index contributed by atoms with van der Waals surface area (Å²) in [5.41, 5.74) is 1.24. The van der Waals surface area contributed by atoms with Crippen LogP contribution in [0.4, 0.5) is 10.1 Å². The monoisotopic (exact) mass is 382 g/mol. The Bertz CT molecular complexity index is 1070. The van der Waals surface area contributed by atoms with Gasteiger partial charge in [0.1, 0.15) is 11.4 Å². The van der Waals surface area contributed by atoms with Crippen molar-refractivity contribution in [3.63, 3.8) is 0 Å². The Morgan fingerprint density at radius 2 is 2.22 bits per heavy atom. The molecule has 0 atom stereocenters. The van der Waals surface area contributed by atoms with Gasteiger partial charge in [0.05, 0.1) is 17.0 Å². The van der Waals surface area contributed by atoms with E-state index in [2.05, 4.69) is 15.4 Å². The Morgan fingerprint density at radius 3 is 2.93 bits per heavy atom. The molecule has 0 bridgehead atoms. The molecule has 6 nitrogen and oxygen atoms in total. The quantitative estimate of drug-likeness (QED) is 0.561. The zero-order valence-corrected chi connectivity index (χ0v) is 15.2. The van der Waals surface area contributed by atoms with Gasteiger partial charge in [-0.05, 0) is 42.6 Å². The molecule has 0 aliphatic heterocycles. The Balaban J connectivity index is 1.46. The molecular formula is C19H15FN4O2S. The van der Waals surface area contributed by atoms with E-state index in [1.165, 1.54) is 22.1 Å². The maximum Gasteiger partial charge on any atom is 0.236 e. The summed E-state index contributed by atoms with van der Waals surface area (Å²) in [5.74, 6) is 0.318. The van der Waals surface area contributed by atoms with Crippen molar-refractivity contribution in [2.45, 2.75) is 13.3 Å². The van der Waals surface area contributed by atoms with Crippen LogP contribution in [0.5, 0.6) is 0 Å². The van der Waals surface area contributed by atoms with Gasteiger partial charge in [-0.15, -0.1) is 11.3 Å². The number of benzene rings is 1. The van der Waals surface area contributed by atoms with Crippen molar-refractivity contribution in [3.8, 4) is 16.5 Å². The first-order valence-corrected chi connectivity index (χ1v) is 9.08. The minimum atomic E-state index is -0.478. The summed E-state index contributed by atoms with van der Waals surface area (Å²) in [6, 6.07) is 9.98. The molecule has 4 rings (SSSR count). The number of carbonyl (C=O) groups excluding carboxylic acids is 1. The first-order chi connectivity index (χ1) is 13.1. The van der Waals surface area contributed by atoms with E-state index in [4.69, 9.17) is 4.42 Å². The predicted molar refractivity (Wildman–Crippen MR) is 100 cm³/mol. The van der Waals surface area contributed by atoms with Crippen LogP contribution in [0.15, 0.2) is 58.6 Å². The van der Waals surface area contributed by atoms with Crippen molar-refractivity contribution >= 4 is 22.9 Å². The van der Waals surface area contributed by atoms with Crippen molar-refractivity contribution in [2.24, 2.45) is 0 Å². The lowest BCUT2D eigenvalue weighted by molar-refractivity contribution is -0.115. The number of aryl methyl sites for hydroxylation is 1. The number of oxazole rings is 1. The van der Waals surface area contributed by atoms with E-state index in [-0.39, 0.29) is 12.3 Å². The summed E-state index contributed by atoms with van der Waals surface area (Å²) in [5, 5.41) is 8.62. The number of halogens is 1. The fourth-order valence-corrected chi connectivity index (χ4v) is 3.29. The number of nitrogens with zero attached hydrogens (tertiary/aromatic N) is 3. The summed E-state index contributed by atoms with van der Waals surface area (Å²) in [7, 11) is 0. The maximum absolute atomic E-state index is 14.3. The van der Waals surface area contributed by atoms with Crippen molar-refractivity contribution in [1.82, 2.24) is 14.8 Å². The molecule has 0 radical (unpaired) electrons. The Hall–Kier alpha value is -3.26. The van der Waals surface area contributed by atoms with Gasteiger partial charge in [0, 0.05) is 18.1 Å². The summed E-state index contributed by atoms with van der Waals surface area (Å²) < 4.78 is 21.3. The van der Waals surface area contributed by atoms with Crippen molar-refractivity contribution < 1.29 is 13.6 Å². The van der Waals surface area contributed by atoms with Gasteiger partial charge in [-0.25, -0.2) is 14.1 Å². The highest BCUT2D eigenvalue weighted by atomic mass is 32.1. The van der Waals surface area contributed by atoms with Crippen LogP contribution in [0.1, 0.15) is 11.5 Å². The number of aromatic nitrogens is 3. The highest BCUT2D eigenvalue weighted by Crippen LogP contribution is 2.26. The maximum atomic E-state index is 14.3. The molecular weight excluding hydrogens is 367 g/mol. The van der Waals surface area contributed by atoms with E-state index in [9.17, 15) is 9.18 Å². The molecule has 3 heterocycles. The molecule has 0 saturated heterocycles. The molecule has 0 spiro atoms. The van der Waals surface area contributed by atoms with Crippen molar-refractivity contribution in [3.05, 3.63) is 71.4 Å². The molecule has 1 N–H and O–H groups in total. The number of amides is 1. The number of hydrogen-bond donors (Lipinski definition) is 1. The lowest BCUT2D eigenvalue weighted by atomic mass is 10.2. The Kier molecular flexibility index (Phi) is 4.55. The van der Waals surface area contributed by atoms with Gasteiger partial charge in [0.25, 0.3) is 0 Å². The van der Waals surface area contributed by atoms with E-state index in [1.807, 2.05) is 17.5 Å². The van der Waals surface area contributed by atoms with Crippen LogP contribution in [0, 0.1) is 12.7 Å². The second-order valence-electron chi connectivity index (χ2n) is 5.84. The zero-order valence-electron chi connectivity index (χ0n) is 14.3. The van der Waals surface area contributed by atoms with E-state index in [1.54, 1.807) is 37.5 Å². The fraction of sp³-hybridized carbons (Fsp3) is 0.105. The van der Waals surface area contributed by atoms with Crippen LogP contribution in [0.3, 0.4) is 0 Å². The van der Waals surface area contributed by atoms with Crippen molar-refractivity contribution in [2.75, 3.05) is 5.32 Å². The topological polar surface area (TPSA) is 73.0 Å². The first-order valence-electron chi connectivity index (χ1n) is 8.20. The summed E-state index contributed by atoms with van der Waals surface area (Å²) in [4.78, 5) is 17.6. The largest absolute Gasteiger partial charge is 0.440 e. The molecule has 0 fully saturated rings. The van der Waals surface area contributed by atoms with Gasteiger partial charge in [-0.2, -0.15) is 5.10 Å². The average molecular weight is 382 g/mol. The van der Waals surface area contributed by atoms with Gasteiger partial charge in [-0.1, -0.05) is 6.07 Å².